The third-order valence-corrected chi connectivity index (χ3v) is 2.99. The molecule has 0 radical (unpaired) electrons. The Morgan fingerprint density at radius 3 is 2.47 bits per heavy atom. The van der Waals surface area contributed by atoms with Gasteiger partial charge in [-0.05, 0) is 48.0 Å². The molecule has 86 valence electrons. The number of nitrogens with zero attached hydrogens (tertiary/aromatic N) is 1. The number of benzene rings is 2. The van der Waals surface area contributed by atoms with E-state index in [0.29, 0.717) is 5.69 Å². The highest BCUT2D eigenvalue weighted by Crippen LogP contribution is 2.31. The number of anilines is 2. The summed E-state index contributed by atoms with van der Waals surface area (Å²) in [6.45, 7) is 1.94. The Balaban J connectivity index is 2.35. The summed E-state index contributed by atoms with van der Waals surface area (Å²) in [4.78, 5) is 10.7. The van der Waals surface area contributed by atoms with E-state index in [2.05, 4.69) is 26.4 Å². The van der Waals surface area contributed by atoms with Crippen LogP contribution in [0.4, 0.5) is 17.1 Å². The van der Waals surface area contributed by atoms with Gasteiger partial charge in [0, 0.05) is 10.2 Å². The predicted octanol–water partition coefficient (Wildman–Crippen LogP) is 4.90. The third-order valence-electron chi connectivity index (χ3n) is 2.46. The van der Waals surface area contributed by atoms with Crippen LogP contribution in [0, 0.1) is 11.8 Å². The highest BCUT2D eigenvalue weighted by Gasteiger charge is 2.05. The van der Waals surface area contributed by atoms with Crippen molar-refractivity contribution in [2.24, 2.45) is 5.18 Å². The minimum atomic E-state index is 0.424. The standard InChI is InChI=1S/C13H11BrN2O/c1-9-3-2-4-12(16-17)13(9)15-11-7-5-10(14)6-8-11/h2-8,15H,1H3. The molecule has 1 N–H and O–H groups in total. The van der Waals surface area contributed by atoms with Gasteiger partial charge in [-0.1, -0.05) is 28.1 Å². The predicted molar refractivity (Wildman–Crippen MR) is 74.1 cm³/mol. The Kier molecular flexibility index (Phi) is 3.54. The number of hydrogen-bond donors (Lipinski definition) is 1. The second kappa shape index (κ2) is 5.10. The molecule has 2 rings (SSSR count). The molecular formula is C13H11BrN2O. The summed E-state index contributed by atoms with van der Waals surface area (Å²) in [5, 5.41) is 6.23. The van der Waals surface area contributed by atoms with Gasteiger partial charge in [-0.15, -0.1) is 4.91 Å². The summed E-state index contributed by atoms with van der Waals surface area (Å²) in [6.07, 6.45) is 0. The lowest BCUT2D eigenvalue weighted by atomic mass is 10.1. The van der Waals surface area contributed by atoms with Gasteiger partial charge in [0.15, 0.2) is 0 Å². The summed E-state index contributed by atoms with van der Waals surface area (Å²) in [6, 6.07) is 13.2. The number of halogens is 1. The van der Waals surface area contributed by atoms with Crippen molar-refractivity contribution in [2.45, 2.75) is 6.92 Å². The van der Waals surface area contributed by atoms with Crippen LogP contribution in [0.1, 0.15) is 5.56 Å². The lowest BCUT2D eigenvalue weighted by molar-refractivity contribution is 1.39. The Labute approximate surface area is 108 Å². The first-order chi connectivity index (χ1) is 8.20. The molecule has 0 aliphatic heterocycles. The Morgan fingerprint density at radius 1 is 1.12 bits per heavy atom. The minimum Gasteiger partial charge on any atom is -0.353 e. The average molecular weight is 291 g/mol. The van der Waals surface area contributed by atoms with Crippen LogP contribution < -0.4 is 5.32 Å². The number of aryl methyl sites for hydroxylation is 1. The lowest BCUT2D eigenvalue weighted by Crippen LogP contribution is -1.93. The summed E-state index contributed by atoms with van der Waals surface area (Å²) in [7, 11) is 0. The van der Waals surface area contributed by atoms with E-state index in [0.717, 1.165) is 21.4 Å². The minimum absolute atomic E-state index is 0.424. The van der Waals surface area contributed by atoms with E-state index < -0.39 is 0 Å². The summed E-state index contributed by atoms with van der Waals surface area (Å²) in [5.74, 6) is 0. The quantitative estimate of drug-likeness (QED) is 0.817. The molecule has 0 saturated carbocycles. The van der Waals surface area contributed by atoms with Crippen molar-refractivity contribution in [3.63, 3.8) is 0 Å². The zero-order valence-corrected chi connectivity index (χ0v) is 10.9. The van der Waals surface area contributed by atoms with E-state index in [-0.39, 0.29) is 0 Å². The van der Waals surface area contributed by atoms with Crippen LogP contribution in [0.2, 0.25) is 0 Å². The topological polar surface area (TPSA) is 41.5 Å². The van der Waals surface area contributed by atoms with Gasteiger partial charge in [0.05, 0.1) is 5.69 Å². The van der Waals surface area contributed by atoms with Crippen LogP contribution in [0.25, 0.3) is 0 Å². The highest BCUT2D eigenvalue weighted by molar-refractivity contribution is 9.10. The molecule has 0 aliphatic rings. The summed E-state index contributed by atoms with van der Waals surface area (Å²) < 4.78 is 1.02. The van der Waals surface area contributed by atoms with E-state index in [4.69, 9.17) is 0 Å². The molecule has 2 aromatic rings. The molecule has 0 bridgehead atoms. The molecule has 0 spiro atoms. The fraction of sp³-hybridized carbons (Fsp3) is 0.0769. The van der Waals surface area contributed by atoms with E-state index in [1.54, 1.807) is 6.07 Å². The molecule has 2 aromatic carbocycles. The number of para-hydroxylation sites is 1. The van der Waals surface area contributed by atoms with Crippen LogP contribution in [0.3, 0.4) is 0 Å². The molecular weight excluding hydrogens is 280 g/mol. The van der Waals surface area contributed by atoms with Crippen molar-refractivity contribution < 1.29 is 0 Å². The van der Waals surface area contributed by atoms with E-state index in [9.17, 15) is 4.91 Å². The molecule has 0 atom stereocenters. The second-order valence-electron chi connectivity index (χ2n) is 3.69. The Hall–Kier alpha value is -1.68. The second-order valence-corrected chi connectivity index (χ2v) is 4.61. The molecule has 0 heterocycles. The van der Waals surface area contributed by atoms with Gasteiger partial charge in [-0.25, -0.2) is 0 Å². The van der Waals surface area contributed by atoms with Crippen LogP contribution in [0.5, 0.6) is 0 Å². The van der Waals surface area contributed by atoms with Gasteiger partial charge < -0.3 is 5.32 Å². The van der Waals surface area contributed by atoms with Gasteiger partial charge >= 0.3 is 0 Å². The van der Waals surface area contributed by atoms with E-state index >= 15 is 0 Å². The van der Waals surface area contributed by atoms with Crippen LogP contribution in [0.15, 0.2) is 52.1 Å². The molecule has 0 amide bonds. The zero-order valence-electron chi connectivity index (χ0n) is 9.27. The van der Waals surface area contributed by atoms with Gasteiger partial charge in [0.1, 0.15) is 5.69 Å². The van der Waals surface area contributed by atoms with Crippen molar-refractivity contribution in [1.29, 1.82) is 0 Å². The van der Waals surface area contributed by atoms with E-state index in [1.165, 1.54) is 0 Å². The zero-order chi connectivity index (χ0) is 12.3. The number of hydrogen-bond acceptors (Lipinski definition) is 3. The maximum Gasteiger partial charge on any atom is 0.131 e. The first-order valence-corrected chi connectivity index (χ1v) is 5.95. The monoisotopic (exact) mass is 290 g/mol. The van der Waals surface area contributed by atoms with E-state index in [1.807, 2.05) is 43.3 Å². The smallest absolute Gasteiger partial charge is 0.131 e. The third kappa shape index (κ3) is 2.71. The van der Waals surface area contributed by atoms with Crippen LogP contribution >= 0.6 is 15.9 Å². The fourth-order valence-corrected chi connectivity index (χ4v) is 1.83. The number of rotatable bonds is 3. The van der Waals surface area contributed by atoms with Gasteiger partial charge in [0.2, 0.25) is 0 Å². The Bertz CT molecular complexity index is 538. The van der Waals surface area contributed by atoms with Crippen molar-refractivity contribution in [3.05, 3.63) is 57.4 Å². The molecule has 0 saturated heterocycles. The van der Waals surface area contributed by atoms with Gasteiger partial charge in [-0.3, -0.25) is 0 Å². The molecule has 3 nitrogen and oxygen atoms in total. The number of nitrogens with one attached hydrogen (secondary N) is 1. The molecule has 0 fully saturated rings. The molecule has 0 aromatic heterocycles. The van der Waals surface area contributed by atoms with Crippen molar-refractivity contribution in [1.82, 2.24) is 0 Å². The van der Waals surface area contributed by atoms with Crippen molar-refractivity contribution in [2.75, 3.05) is 5.32 Å². The summed E-state index contributed by atoms with van der Waals surface area (Å²) in [5.41, 5.74) is 3.09. The van der Waals surface area contributed by atoms with Gasteiger partial charge in [0.25, 0.3) is 0 Å². The first-order valence-electron chi connectivity index (χ1n) is 5.16. The van der Waals surface area contributed by atoms with Crippen molar-refractivity contribution >= 4 is 33.0 Å². The SMILES string of the molecule is Cc1cccc(N=O)c1Nc1ccc(Br)cc1. The highest BCUT2D eigenvalue weighted by atomic mass is 79.9. The van der Waals surface area contributed by atoms with Crippen LogP contribution in [-0.4, -0.2) is 0 Å². The molecule has 4 heteroatoms. The molecule has 0 aliphatic carbocycles. The fourth-order valence-electron chi connectivity index (χ4n) is 1.57. The first kappa shape index (κ1) is 11.8. The van der Waals surface area contributed by atoms with Crippen molar-refractivity contribution in [3.8, 4) is 0 Å². The number of nitroso groups, excluding NO2 is 1. The normalized spacial score (nSPS) is 10.0. The van der Waals surface area contributed by atoms with Gasteiger partial charge in [-0.2, -0.15) is 0 Å². The Morgan fingerprint density at radius 2 is 1.82 bits per heavy atom. The largest absolute Gasteiger partial charge is 0.353 e. The van der Waals surface area contributed by atoms with Crippen LogP contribution in [-0.2, 0) is 0 Å². The molecule has 0 unspecified atom stereocenters. The summed E-state index contributed by atoms with van der Waals surface area (Å²) >= 11 is 3.38. The lowest BCUT2D eigenvalue weighted by Gasteiger charge is -2.10. The maximum absolute atomic E-state index is 10.7. The maximum atomic E-state index is 10.7. The molecule has 17 heavy (non-hydrogen) atoms. The average Bonchev–Trinajstić information content (AvgIpc) is 2.34.